The number of nitrogens with one attached hydrogen (secondary N) is 1. The Morgan fingerprint density at radius 1 is 1.57 bits per heavy atom. The first-order valence-electron chi connectivity index (χ1n) is 6.58. The number of rotatable bonds is 7. The van der Waals surface area contributed by atoms with E-state index in [0.717, 1.165) is 10.9 Å². The van der Waals surface area contributed by atoms with E-state index in [2.05, 4.69) is 10.3 Å². The van der Waals surface area contributed by atoms with Crippen molar-refractivity contribution >= 4 is 17.7 Å². The fraction of sp³-hybridized carbons (Fsp3) is 0.429. The molecule has 0 aliphatic carbocycles. The molecule has 0 aliphatic heterocycles. The summed E-state index contributed by atoms with van der Waals surface area (Å²) in [7, 11) is 3.54. The minimum absolute atomic E-state index is 0.0574. The molecule has 0 fully saturated rings. The Labute approximate surface area is 127 Å². The van der Waals surface area contributed by atoms with Gasteiger partial charge in [0.25, 0.3) is 5.91 Å². The lowest BCUT2D eigenvalue weighted by atomic mass is 10.3. The van der Waals surface area contributed by atoms with Gasteiger partial charge in [-0.05, 0) is 19.1 Å². The number of aromatic nitrogens is 2. The van der Waals surface area contributed by atoms with Crippen molar-refractivity contribution < 1.29 is 13.9 Å². The zero-order valence-electron chi connectivity index (χ0n) is 12.3. The van der Waals surface area contributed by atoms with Crippen LogP contribution in [0.15, 0.2) is 34.1 Å². The Hall–Kier alpha value is -1.73. The van der Waals surface area contributed by atoms with Crippen LogP contribution in [0, 0.1) is 0 Å². The average molecular weight is 309 g/mol. The van der Waals surface area contributed by atoms with Crippen molar-refractivity contribution in [2.45, 2.75) is 23.9 Å². The molecule has 1 amide bonds. The number of carbonyl (C=O) groups is 1. The maximum absolute atomic E-state index is 11.9. The molecule has 0 bridgehead atoms. The van der Waals surface area contributed by atoms with Crippen molar-refractivity contribution in [3.63, 3.8) is 0 Å². The smallest absolute Gasteiger partial charge is 0.287 e. The lowest BCUT2D eigenvalue weighted by molar-refractivity contribution is 0.0876. The van der Waals surface area contributed by atoms with Gasteiger partial charge in [-0.2, -0.15) is 0 Å². The minimum Gasteiger partial charge on any atom is -0.455 e. The van der Waals surface area contributed by atoms with Gasteiger partial charge in [-0.3, -0.25) is 4.79 Å². The third kappa shape index (κ3) is 4.37. The van der Waals surface area contributed by atoms with E-state index in [9.17, 15) is 4.79 Å². The number of thioether (sulfide) groups is 1. The van der Waals surface area contributed by atoms with Crippen LogP contribution in [0.2, 0.25) is 0 Å². The Balaban J connectivity index is 1.89. The number of carbonyl (C=O) groups excluding carboxylic acids is 1. The highest BCUT2D eigenvalue weighted by molar-refractivity contribution is 7.98. The molecule has 0 saturated heterocycles. The topological polar surface area (TPSA) is 69.3 Å². The number of imidazole rings is 1. The zero-order chi connectivity index (χ0) is 15.2. The second-order valence-corrected chi connectivity index (χ2v) is 5.65. The highest BCUT2D eigenvalue weighted by Crippen LogP contribution is 2.21. The Morgan fingerprint density at radius 2 is 2.38 bits per heavy atom. The summed E-state index contributed by atoms with van der Waals surface area (Å²) in [5, 5.41) is 3.72. The van der Waals surface area contributed by atoms with Gasteiger partial charge in [-0.1, -0.05) is 11.8 Å². The monoisotopic (exact) mass is 309 g/mol. The Morgan fingerprint density at radius 3 is 3.05 bits per heavy atom. The molecule has 21 heavy (non-hydrogen) atoms. The van der Waals surface area contributed by atoms with Crippen molar-refractivity contribution in [2.75, 3.05) is 13.7 Å². The van der Waals surface area contributed by atoms with E-state index < -0.39 is 0 Å². The molecule has 0 aromatic carbocycles. The van der Waals surface area contributed by atoms with Gasteiger partial charge in [0.05, 0.1) is 12.4 Å². The molecule has 0 saturated carbocycles. The molecule has 0 spiro atoms. The first-order valence-corrected chi connectivity index (χ1v) is 7.57. The van der Waals surface area contributed by atoms with Crippen LogP contribution in [0.25, 0.3) is 0 Å². The SMILES string of the molecule is COCC(C)NC(=O)c1ccc(CSc2nccn2C)o1. The van der Waals surface area contributed by atoms with E-state index in [0.29, 0.717) is 18.1 Å². The minimum atomic E-state index is -0.229. The first kappa shape index (κ1) is 15.7. The number of hydrogen-bond acceptors (Lipinski definition) is 5. The van der Waals surface area contributed by atoms with Gasteiger partial charge in [0.1, 0.15) is 5.76 Å². The van der Waals surface area contributed by atoms with E-state index in [1.54, 1.807) is 31.1 Å². The quantitative estimate of drug-likeness (QED) is 0.793. The summed E-state index contributed by atoms with van der Waals surface area (Å²) in [5.41, 5.74) is 0. The lowest BCUT2D eigenvalue weighted by Crippen LogP contribution is -2.35. The van der Waals surface area contributed by atoms with E-state index in [-0.39, 0.29) is 11.9 Å². The molecule has 1 atom stereocenters. The first-order chi connectivity index (χ1) is 10.1. The highest BCUT2D eigenvalue weighted by Gasteiger charge is 2.14. The standard InChI is InChI=1S/C14H19N3O3S/c1-10(8-19-3)16-13(18)12-5-4-11(20-12)9-21-14-15-6-7-17(14)2/h4-7,10H,8-9H2,1-3H3,(H,16,18). The van der Waals surface area contributed by atoms with Crippen LogP contribution in [-0.4, -0.2) is 35.2 Å². The molecular formula is C14H19N3O3S. The number of aryl methyl sites for hydroxylation is 1. The summed E-state index contributed by atoms with van der Waals surface area (Å²) in [6.45, 7) is 2.34. The molecule has 6 nitrogen and oxygen atoms in total. The predicted molar refractivity (Wildman–Crippen MR) is 80.3 cm³/mol. The average Bonchev–Trinajstić information content (AvgIpc) is 3.05. The fourth-order valence-electron chi connectivity index (χ4n) is 1.79. The second kappa shape index (κ2) is 7.33. The summed E-state index contributed by atoms with van der Waals surface area (Å²) < 4.78 is 12.5. The number of amides is 1. The van der Waals surface area contributed by atoms with Gasteiger partial charge in [-0.15, -0.1) is 0 Å². The van der Waals surface area contributed by atoms with Crippen molar-refractivity contribution in [1.29, 1.82) is 0 Å². The van der Waals surface area contributed by atoms with Crippen molar-refractivity contribution in [1.82, 2.24) is 14.9 Å². The number of nitrogens with zero attached hydrogens (tertiary/aromatic N) is 2. The molecule has 7 heteroatoms. The molecule has 2 rings (SSSR count). The number of ether oxygens (including phenoxy) is 1. The van der Waals surface area contributed by atoms with Crippen LogP contribution in [0.1, 0.15) is 23.2 Å². The normalized spacial score (nSPS) is 12.3. The van der Waals surface area contributed by atoms with Gasteiger partial charge in [0, 0.05) is 32.6 Å². The maximum Gasteiger partial charge on any atom is 0.287 e. The van der Waals surface area contributed by atoms with Gasteiger partial charge >= 0.3 is 0 Å². The Kier molecular flexibility index (Phi) is 5.46. The van der Waals surface area contributed by atoms with Gasteiger partial charge in [-0.25, -0.2) is 4.98 Å². The molecular weight excluding hydrogens is 290 g/mol. The van der Waals surface area contributed by atoms with Crippen molar-refractivity contribution in [3.05, 3.63) is 36.0 Å². The lowest BCUT2D eigenvalue weighted by Gasteiger charge is -2.11. The van der Waals surface area contributed by atoms with Gasteiger partial charge < -0.3 is 19.0 Å². The number of methoxy groups -OCH3 is 1. The van der Waals surface area contributed by atoms with Crippen molar-refractivity contribution in [3.8, 4) is 0 Å². The number of furan rings is 1. The molecule has 114 valence electrons. The van der Waals surface area contributed by atoms with E-state index in [1.165, 1.54) is 0 Å². The summed E-state index contributed by atoms with van der Waals surface area (Å²) in [5.74, 6) is 1.46. The van der Waals surface area contributed by atoms with E-state index in [1.807, 2.05) is 30.8 Å². The van der Waals surface area contributed by atoms with E-state index >= 15 is 0 Å². The summed E-state index contributed by atoms with van der Waals surface area (Å²) in [6.07, 6.45) is 3.64. The summed E-state index contributed by atoms with van der Waals surface area (Å²) >= 11 is 1.56. The molecule has 1 N–H and O–H groups in total. The third-order valence-electron chi connectivity index (χ3n) is 2.80. The van der Waals surface area contributed by atoms with Gasteiger partial charge in [0.15, 0.2) is 10.9 Å². The molecule has 1 unspecified atom stereocenters. The van der Waals surface area contributed by atoms with Crippen LogP contribution in [0.3, 0.4) is 0 Å². The molecule has 2 aromatic heterocycles. The third-order valence-corrected chi connectivity index (χ3v) is 3.88. The van der Waals surface area contributed by atoms with E-state index in [4.69, 9.17) is 9.15 Å². The molecule has 0 radical (unpaired) electrons. The summed E-state index contributed by atoms with van der Waals surface area (Å²) in [6, 6.07) is 3.44. The largest absolute Gasteiger partial charge is 0.455 e. The highest BCUT2D eigenvalue weighted by atomic mass is 32.2. The Bertz CT molecular complexity index is 594. The van der Waals surface area contributed by atoms with Crippen molar-refractivity contribution in [2.24, 2.45) is 7.05 Å². The molecule has 2 heterocycles. The number of hydrogen-bond donors (Lipinski definition) is 1. The zero-order valence-corrected chi connectivity index (χ0v) is 13.1. The predicted octanol–water partition coefficient (Wildman–Crippen LogP) is 2.07. The summed E-state index contributed by atoms with van der Waals surface area (Å²) in [4.78, 5) is 16.2. The maximum atomic E-state index is 11.9. The van der Waals surface area contributed by atoms with Crippen LogP contribution in [0.5, 0.6) is 0 Å². The van der Waals surface area contributed by atoms with Crippen LogP contribution >= 0.6 is 11.8 Å². The van der Waals surface area contributed by atoms with Gasteiger partial charge in [0.2, 0.25) is 0 Å². The molecule has 0 aliphatic rings. The fourth-order valence-corrected chi connectivity index (χ4v) is 2.62. The van der Waals surface area contributed by atoms with Crippen LogP contribution in [0.4, 0.5) is 0 Å². The van der Waals surface area contributed by atoms with Crippen LogP contribution in [-0.2, 0) is 17.5 Å². The van der Waals surface area contributed by atoms with Crippen LogP contribution < -0.4 is 5.32 Å². The molecule has 2 aromatic rings. The second-order valence-electron chi connectivity index (χ2n) is 4.71.